The van der Waals surface area contributed by atoms with Crippen molar-refractivity contribution in [3.05, 3.63) is 17.0 Å². The minimum Gasteiger partial charge on any atom is -0.380 e. The summed E-state index contributed by atoms with van der Waals surface area (Å²) in [5, 5.41) is 16.8. The van der Waals surface area contributed by atoms with Crippen LogP contribution in [-0.2, 0) is 11.2 Å². The predicted octanol–water partition coefficient (Wildman–Crippen LogP) is 1.65. The van der Waals surface area contributed by atoms with Gasteiger partial charge in [-0.15, -0.1) is 0 Å². The highest BCUT2D eigenvalue weighted by molar-refractivity contribution is 5.85. The number of nitrogens with zero attached hydrogens (tertiary/aromatic N) is 1. The normalized spacial score (nSPS) is 17.6. The standard InChI is InChI=1S/C14H22N2O3/c1-10-12(11(2)19-16-10)6-5-9-15-13(17)14(18)7-3-4-8-14/h18H,3-9H2,1-2H3,(H,15,17). The van der Waals surface area contributed by atoms with Gasteiger partial charge < -0.3 is 14.9 Å². The Kier molecular flexibility index (Phi) is 4.24. The van der Waals surface area contributed by atoms with Crippen LogP contribution in [0.1, 0.15) is 49.1 Å². The summed E-state index contributed by atoms with van der Waals surface area (Å²) < 4.78 is 5.09. The van der Waals surface area contributed by atoms with E-state index in [0.29, 0.717) is 19.4 Å². The van der Waals surface area contributed by atoms with E-state index in [0.717, 1.165) is 42.7 Å². The van der Waals surface area contributed by atoms with Gasteiger partial charge in [0.05, 0.1) is 5.69 Å². The first-order chi connectivity index (χ1) is 9.03. The molecule has 106 valence electrons. The third kappa shape index (κ3) is 3.15. The molecule has 0 bridgehead atoms. The number of aromatic nitrogens is 1. The number of aryl methyl sites for hydroxylation is 2. The van der Waals surface area contributed by atoms with Crippen molar-refractivity contribution in [2.75, 3.05) is 6.54 Å². The Balaban J connectivity index is 1.74. The molecule has 0 radical (unpaired) electrons. The Morgan fingerprint density at radius 1 is 1.42 bits per heavy atom. The summed E-state index contributed by atoms with van der Waals surface area (Å²) in [6.45, 7) is 4.39. The minimum absolute atomic E-state index is 0.219. The molecular formula is C14H22N2O3. The molecule has 1 heterocycles. The summed E-state index contributed by atoms with van der Waals surface area (Å²) in [6.07, 6.45) is 4.70. The number of carbonyl (C=O) groups excluding carboxylic acids is 1. The van der Waals surface area contributed by atoms with E-state index in [2.05, 4.69) is 10.5 Å². The van der Waals surface area contributed by atoms with E-state index < -0.39 is 5.60 Å². The lowest BCUT2D eigenvalue weighted by atomic mass is 10.0. The SMILES string of the molecule is Cc1noc(C)c1CCCNC(=O)C1(O)CCCC1. The lowest BCUT2D eigenvalue weighted by Gasteiger charge is -2.20. The van der Waals surface area contributed by atoms with Gasteiger partial charge in [0.2, 0.25) is 0 Å². The summed E-state index contributed by atoms with van der Waals surface area (Å²) in [5.74, 6) is 0.627. The zero-order valence-electron chi connectivity index (χ0n) is 11.7. The zero-order chi connectivity index (χ0) is 13.9. The summed E-state index contributed by atoms with van der Waals surface area (Å²) in [6, 6.07) is 0. The predicted molar refractivity (Wildman–Crippen MR) is 70.7 cm³/mol. The Labute approximate surface area is 113 Å². The largest absolute Gasteiger partial charge is 0.380 e. The fourth-order valence-electron chi connectivity index (χ4n) is 2.68. The van der Waals surface area contributed by atoms with E-state index in [1.807, 2.05) is 13.8 Å². The Bertz CT molecular complexity index is 428. The van der Waals surface area contributed by atoms with Gasteiger partial charge in [-0.05, 0) is 52.4 Å². The van der Waals surface area contributed by atoms with E-state index in [1.165, 1.54) is 0 Å². The monoisotopic (exact) mass is 266 g/mol. The maximum Gasteiger partial charge on any atom is 0.251 e. The second-order valence-corrected chi connectivity index (χ2v) is 5.40. The molecule has 1 amide bonds. The molecule has 1 saturated carbocycles. The van der Waals surface area contributed by atoms with Gasteiger partial charge in [0.15, 0.2) is 0 Å². The van der Waals surface area contributed by atoms with Crippen LogP contribution in [0.25, 0.3) is 0 Å². The average Bonchev–Trinajstić information content (AvgIpc) is 2.95. The molecule has 2 N–H and O–H groups in total. The molecule has 2 rings (SSSR count). The average molecular weight is 266 g/mol. The molecule has 1 aromatic rings. The van der Waals surface area contributed by atoms with Gasteiger partial charge >= 0.3 is 0 Å². The van der Waals surface area contributed by atoms with E-state index in [9.17, 15) is 9.90 Å². The molecule has 0 atom stereocenters. The highest BCUT2D eigenvalue weighted by atomic mass is 16.5. The zero-order valence-corrected chi connectivity index (χ0v) is 11.7. The topological polar surface area (TPSA) is 75.4 Å². The molecule has 5 nitrogen and oxygen atoms in total. The second-order valence-electron chi connectivity index (χ2n) is 5.40. The van der Waals surface area contributed by atoms with E-state index in [-0.39, 0.29) is 5.91 Å². The third-order valence-electron chi connectivity index (χ3n) is 3.92. The van der Waals surface area contributed by atoms with Gasteiger partial charge in [-0.25, -0.2) is 0 Å². The highest BCUT2D eigenvalue weighted by Gasteiger charge is 2.38. The summed E-state index contributed by atoms with van der Waals surface area (Å²) in [7, 11) is 0. The van der Waals surface area contributed by atoms with Gasteiger partial charge in [0.1, 0.15) is 11.4 Å². The fraction of sp³-hybridized carbons (Fsp3) is 0.714. The van der Waals surface area contributed by atoms with Crippen LogP contribution in [0.5, 0.6) is 0 Å². The van der Waals surface area contributed by atoms with Crippen LogP contribution < -0.4 is 5.32 Å². The summed E-state index contributed by atoms with van der Waals surface area (Å²) in [4.78, 5) is 11.9. The van der Waals surface area contributed by atoms with Crippen LogP contribution in [0.4, 0.5) is 0 Å². The molecule has 1 fully saturated rings. The molecular weight excluding hydrogens is 244 g/mol. The minimum atomic E-state index is -1.12. The van der Waals surface area contributed by atoms with Crippen molar-refractivity contribution in [2.24, 2.45) is 0 Å². The quantitative estimate of drug-likeness (QED) is 0.794. The maximum atomic E-state index is 11.9. The number of aliphatic hydroxyl groups is 1. The molecule has 0 aliphatic heterocycles. The van der Waals surface area contributed by atoms with Crippen molar-refractivity contribution in [2.45, 2.75) is 58.0 Å². The number of nitrogens with one attached hydrogen (secondary N) is 1. The molecule has 0 aromatic carbocycles. The lowest BCUT2D eigenvalue weighted by molar-refractivity contribution is -0.139. The van der Waals surface area contributed by atoms with Gasteiger partial charge in [-0.2, -0.15) is 0 Å². The number of hydrogen-bond donors (Lipinski definition) is 2. The number of rotatable bonds is 5. The Morgan fingerprint density at radius 2 is 2.11 bits per heavy atom. The van der Waals surface area contributed by atoms with E-state index in [1.54, 1.807) is 0 Å². The van der Waals surface area contributed by atoms with Crippen LogP contribution in [0.15, 0.2) is 4.52 Å². The van der Waals surface area contributed by atoms with Crippen LogP contribution in [0, 0.1) is 13.8 Å². The summed E-state index contributed by atoms with van der Waals surface area (Å²) >= 11 is 0. The van der Waals surface area contributed by atoms with Gasteiger partial charge in [0, 0.05) is 12.1 Å². The van der Waals surface area contributed by atoms with Crippen molar-refractivity contribution < 1.29 is 14.4 Å². The highest BCUT2D eigenvalue weighted by Crippen LogP contribution is 2.29. The molecule has 0 unspecified atom stereocenters. The van der Waals surface area contributed by atoms with E-state index in [4.69, 9.17) is 4.52 Å². The van der Waals surface area contributed by atoms with E-state index >= 15 is 0 Å². The first kappa shape index (κ1) is 14.1. The van der Waals surface area contributed by atoms with Gasteiger partial charge in [-0.3, -0.25) is 4.79 Å². The van der Waals surface area contributed by atoms with Crippen molar-refractivity contribution in [1.82, 2.24) is 10.5 Å². The molecule has 1 aliphatic carbocycles. The first-order valence-electron chi connectivity index (χ1n) is 6.95. The fourth-order valence-corrected chi connectivity index (χ4v) is 2.68. The Morgan fingerprint density at radius 3 is 2.68 bits per heavy atom. The van der Waals surface area contributed by atoms with Crippen molar-refractivity contribution in [1.29, 1.82) is 0 Å². The van der Waals surface area contributed by atoms with Crippen LogP contribution >= 0.6 is 0 Å². The van der Waals surface area contributed by atoms with Crippen LogP contribution in [0.2, 0.25) is 0 Å². The molecule has 0 saturated heterocycles. The number of hydrogen-bond acceptors (Lipinski definition) is 4. The van der Waals surface area contributed by atoms with Gasteiger partial charge in [0.25, 0.3) is 5.91 Å². The van der Waals surface area contributed by atoms with Crippen LogP contribution in [-0.4, -0.2) is 28.3 Å². The molecule has 0 spiro atoms. The Hall–Kier alpha value is -1.36. The third-order valence-corrected chi connectivity index (χ3v) is 3.92. The summed E-state index contributed by atoms with van der Waals surface area (Å²) in [5.41, 5.74) is 0.912. The molecule has 1 aromatic heterocycles. The first-order valence-corrected chi connectivity index (χ1v) is 6.95. The number of amides is 1. The molecule has 1 aliphatic rings. The molecule has 19 heavy (non-hydrogen) atoms. The second kappa shape index (κ2) is 5.74. The lowest BCUT2D eigenvalue weighted by Crippen LogP contribution is -2.45. The van der Waals surface area contributed by atoms with Crippen molar-refractivity contribution >= 4 is 5.91 Å². The van der Waals surface area contributed by atoms with Crippen molar-refractivity contribution in [3.63, 3.8) is 0 Å². The maximum absolute atomic E-state index is 11.9. The number of carbonyl (C=O) groups is 1. The van der Waals surface area contributed by atoms with Crippen LogP contribution in [0.3, 0.4) is 0 Å². The smallest absolute Gasteiger partial charge is 0.251 e. The molecule has 5 heteroatoms. The van der Waals surface area contributed by atoms with Gasteiger partial charge in [-0.1, -0.05) is 5.16 Å². The van der Waals surface area contributed by atoms with Crippen molar-refractivity contribution in [3.8, 4) is 0 Å².